The number of halogens is 1. The van der Waals surface area contributed by atoms with Gasteiger partial charge in [-0.25, -0.2) is 14.2 Å². The molecule has 1 atom stereocenters. The van der Waals surface area contributed by atoms with Gasteiger partial charge in [-0.2, -0.15) is 0 Å². The summed E-state index contributed by atoms with van der Waals surface area (Å²) in [6.45, 7) is 2.45. The highest BCUT2D eigenvalue weighted by molar-refractivity contribution is 6.07. The van der Waals surface area contributed by atoms with Crippen molar-refractivity contribution >= 4 is 40.1 Å². The lowest BCUT2D eigenvalue weighted by Gasteiger charge is -2.23. The smallest absolute Gasteiger partial charge is 0.339 e. The molecule has 0 bridgehead atoms. The number of esters is 1. The number of benzene rings is 3. The minimum Gasteiger partial charge on any atom is -0.486 e. The average Bonchev–Trinajstić information content (AvgIpc) is 2.97. The molecule has 40 heavy (non-hydrogen) atoms. The van der Waals surface area contributed by atoms with E-state index in [4.69, 9.17) is 19.2 Å². The fraction of sp³-hybridized carbons (Fsp3) is 0.219. The zero-order valence-corrected chi connectivity index (χ0v) is 21.9. The summed E-state index contributed by atoms with van der Waals surface area (Å²) in [5.41, 5.74) is 4.94. The fourth-order valence-electron chi connectivity index (χ4n) is 5.11. The summed E-state index contributed by atoms with van der Waals surface area (Å²) in [5, 5.41) is 3.46. The van der Waals surface area contributed by atoms with Crippen LogP contribution >= 0.6 is 0 Å². The van der Waals surface area contributed by atoms with Crippen molar-refractivity contribution in [3.63, 3.8) is 0 Å². The lowest BCUT2D eigenvalue weighted by molar-refractivity contribution is -0.123. The molecule has 0 radical (unpaired) electrons. The number of fused-ring (bicyclic) bond motifs is 3. The van der Waals surface area contributed by atoms with Gasteiger partial charge in [-0.15, -0.1) is 0 Å². The largest absolute Gasteiger partial charge is 0.486 e. The third-order valence-corrected chi connectivity index (χ3v) is 7.05. The molecule has 4 aromatic rings. The molecule has 1 aliphatic carbocycles. The van der Waals surface area contributed by atoms with Gasteiger partial charge in [0.1, 0.15) is 19.0 Å². The number of ether oxygens (including phenoxy) is 3. The Morgan fingerprint density at radius 1 is 1.00 bits per heavy atom. The number of anilines is 1. The first-order valence-electron chi connectivity index (χ1n) is 13.3. The first-order valence-corrected chi connectivity index (χ1v) is 13.3. The van der Waals surface area contributed by atoms with Crippen LogP contribution in [0.1, 0.15) is 46.9 Å². The summed E-state index contributed by atoms with van der Waals surface area (Å²) < 4.78 is 30.3. The molecule has 3 aromatic carbocycles. The number of carbonyl (C=O) groups excluding carboxylic acids is 2. The van der Waals surface area contributed by atoms with Gasteiger partial charge >= 0.3 is 5.97 Å². The van der Waals surface area contributed by atoms with Crippen molar-refractivity contribution in [3.05, 3.63) is 94.9 Å². The van der Waals surface area contributed by atoms with Gasteiger partial charge in [0.25, 0.3) is 5.91 Å². The maximum atomic E-state index is 13.7. The summed E-state index contributed by atoms with van der Waals surface area (Å²) in [6.07, 6.45) is 3.17. The fourth-order valence-corrected chi connectivity index (χ4v) is 5.11. The quantitative estimate of drug-likeness (QED) is 0.304. The molecule has 2 heterocycles. The van der Waals surface area contributed by atoms with Crippen LogP contribution in [0, 0.1) is 5.82 Å². The topological polar surface area (TPSA) is 86.8 Å². The van der Waals surface area contributed by atoms with E-state index in [0.717, 1.165) is 35.2 Å². The Bertz CT molecular complexity index is 1650. The number of carbonyl (C=O) groups is 2. The van der Waals surface area contributed by atoms with Crippen molar-refractivity contribution < 1.29 is 28.2 Å². The van der Waals surface area contributed by atoms with Crippen LogP contribution in [0.4, 0.5) is 10.1 Å². The highest BCUT2D eigenvalue weighted by atomic mass is 19.1. The molecule has 202 valence electrons. The summed E-state index contributed by atoms with van der Waals surface area (Å²) in [4.78, 5) is 31.5. The number of nitrogens with zero attached hydrogens (tertiary/aromatic N) is 1. The van der Waals surface area contributed by atoms with Crippen molar-refractivity contribution in [2.75, 3.05) is 18.5 Å². The Kier molecular flexibility index (Phi) is 6.90. The molecule has 0 unspecified atom stereocenters. The van der Waals surface area contributed by atoms with Crippen LogP contribution in [-0.4, -0.2) is 36.2 Å². The van der Waals surface area contributed by atoms with Crippen molar-refractivity contribution in [1.29, 1.82) is 0 Å². The molecular formula is C32H27FN2O5. The molecule has 7 nitrogen and oxygen atoms in total. The van der Waals surface area contributed by atoms with Gasteiger partial charge < -0.3 is 19.5 Å². The maximum absolute atomic E-state index is 13.7. The molecule has 2 aliphatic rings. The average molecular weight is 539 g/mol. The van der Waals surface area contributed by atoms with Crippen molar-refractivity contribution in [3.8, 4) is 11.5 Å². The van der Waals surface area contributed by atoms with Crippen LogP contribution in [0.2, 0.25) is 0 Å². The monoisotopic (exact) mass is 538 g/mol. The Hall–Kier alpha value is -4.72. The van der Waals surface area contributed by atoms with Crippen LogP contribution < -0.4 is 14.8 Å². The van der Waals surface area contributed by atoms with E-state index < -0.39 is 18.0 Å². The standard InChI is InChI=1S/C32H27FN2O5/c1-19(31(36)34-23-13-14-27-28(18-23)39-16-15-38-27)40-32(37)29-24-6-2-3-8-26(24)35-30-21(5-4-7-25(29)30)17-20-9-11-22(33)12-10-20/h2-3,6,8-14,17-19H,4-5,7,15-16H2,1H3,(H,34,36)/b21-17-/t19-/m1/s1. The molecular weight excluding hydrogens is 511 g/mol. The van der Waals surface area contributed by atoms with Crippen LogP contribution in [-0.2, 0) is 16.0 Å². The second-order valence-electron chi connectivity index (χ2n) is 9.80. The van der Waals surface area contributed by atoms with Gasteiger partial charge in [0.2, 0.25) is 0 Å². The summed E-state index contributed by atoms with van der Waals surface area (Å²) in [7, 11) is 0. The number of hydrogen-bond acceptors (Lipinski definition) is 6. The molecule has 1 aliphatic heterocycles. The molecule has 1 N–H and O–H groups in total. The molecule has 1 aromatic heterocycles. The number of para-hydroxylation sites is 1. The second-order valence-corrected chi connectivity index (χ2v) is 9.80. The van der Waals surface area contributed by atoms with E-state index in [1.54, 1.807) is 37.3 Å². The van der Waals surface area contributed by atoms with Crippen LogP contribution in [0.15, 0.2) is 66.7 Å². The minimum atomic E-state index is -1.05. The van der Waals surface area contributed by atoms with Crippen molar-refractivity contribution in [2.45, 2.75) is 32.3 Å². The van der Waals surface area contributed by atoms with E-state index in [-0.39, 0.29) is 5.82 Å². The highest BCUT2D eigenvalue weighted by Gasteiger charge is 2.28. The minimum absolute atomic E-state index is 0.299. The Balaban J connectivity index is 1.29. The maximum Gasteiger partial charge on any atom is 0.339 e. The van der Waals surface area contributed by atoms with E-state index in [1.807, 2.05) is 30.3 Å². The summed E-state index contributed by atoms with van der Waals surface area (Å²) in [5.74, 6) is -0.177. The SMILES string of the molecule is C[C@@H](OC(=O)c1c2c(nc3ccccc13)/C(=C\c1ccc(F)cc1)CCC2)C(=O)Nc1ccc2c(c1)OCCO2. The van der Waals surface area contributed by atoms with E-state index in [9.17, 15) is 14.0 Å². The lowest BCUT2D eigenvalue weighted by Crippen LogP contribution is -2.30. The van der Waals surface area contributed by atoms with Crippen LogP contribution in [0.25, 0.3) is 22.6 Å². The third-order valence-electron chi connectivity index (χ3n) is 7.05. The zero-order chi connectivity index (χ0) is 27.6. The number of hydrogen-bond donors (Lipinski definition) is 1. The normalized spacial score (nSPS) is 15.8. The van der Waals surface area contributed by atoms with Crippen LogP contribution in [0.5, 0.6) is 11.5 Å². The molecule has 8 heteroatoms. The number of nitrogens with one attached hydrogen (secondary N) is 1. The molecule has 0 saturated carbocycles. The van der Waals surface area contributed by atoms with E-state index >= 15 is 0 Å². The van der Waals surface area contributed by atoms with Gasteiger partial charge in [0.05, 0.1) is 16.8 Å². The zero-order valence-electron chi connectivity index (χ0n) is 21.9. The number of pyridine rings is 1. The molecule has 0 saturated heterocycles. The van der Waals surface area contributed by atoms with Gasteiger partial charge in [-0.3, -0.25) is 4.79 Å². The van der Waals surface area contributed by atoms with Crippen LogP contribution in [0.3, 0.4) is 0 Å². The predicted octanol–water partition coefficient (Wildman–Crippen LogP) is 6.21. The van der Waals surface area contributed by atoms with Crippen molar-refractivity contribution in [2.24, 2.45) is 0 Å². The number of amides is 1. The van der Waals surface area contributed by atoms with Gasteiger partial charge in [0, 0.05) is 17.1 Å². The van der Waals surface area contributed by atoms with Gasteiger partial charge in [0.15, 0.2) is 17.6 Å². The molecule has 6 rings (SSSR count). The van der Waals surface area contributed by atoms with E-state index in [2.05, 4.69) is 5.32 Å². The summed E-state index contributed by atoms with van der Waals surface area (Å²) in [6, 6.07) is 18.8. The molecule has 1 amide bonds. The highest BCUT2D eigenvalue weighted by Crippen LogP contribution is 2.37. The number of allylic oxidation sites excluding steroid dienone is 1. The van der Waals surface area contributed by atoms with E-state index in [0.29, 0.717) is 53.3 Å². The first kappa shape index (κ1) is 25.6. The van der Waals surface area contributed by atoms with E-state index in [1.165, 1.54) is 12.1 Å². The number of aromatic nitrogens is 1. The van der Waals surface area contributed by atoms with Gasteiger partial charge in [-0.05, 0) is 79.3 Å². The molecule has 0 spiro atoms. The second kappa shape index (κ2) is 10.8. The lowest BCUT2D eigenvalue weighted by atomic mass is 9.86. The van der Waals surface area contributed by atoms with Crippen molar-refractivity contribution in [1.82, 2.24) is 4.98 Å². The Morgan fingerprint density at radius 2 is 1.77 bits per heavy atom. The first-order chi connectivity index (χ1) is 19.5. The summed E-state index contributed by atoms with van der Waals surface area (Å²) >= 11 is 0. The third kappa shape index (κ3) is 5.12. The molecule has 0 fully saturated rings. The van der Waals surface area contributed by atoms with Gasteiger partial charge in [-0.1, -0.05) is 30.3 Å². The Morgan fingerprint density at radius 3 is 2.60 bits per heavy atom. The number of rotatable bonds is 5. The Labute approximate surface area is 230 Å². The predicted molar refractivity (Wildman–Crippen MR) is 150 cm³/mol.